The van der Waals surface area contributed by atoms with Crippen molar-refractivity contribution in [3.05, 3.63) is 23.8 Å². The SMILES string of the molecule is CN1CCCC(CNS(=O)(=O)c2c(F)cc(N)cc2F)C1. The second kappa shape index (κ2) is 6.25. The molecule has 3 N–H and O–H groups in total. The second-order valence-electron chi connectivity index (χ2n) is 5.44. The van der Waals surface area contributed by atoms with Crippen LogP contribution in [0.3, 0.4) is 0 Å². The molecule has 1 fully saturated rings. The molecule has 0 aliphatic carbocycles. The highest BCUT2D eigenvalue weighted by molar-refractivity contribution is 7.89. The molecule has 1 saturated heterocycles. The number of nitrogens with zero attached hydrogens (tertiary/aromatic N) is 1. The highest BCUT2D eigenvalue weighted by Gasteiger charge is 2.26. The van der Waals surface area contributed by atoms with Crippen molar-refractivity contribution in [3.8, 4) is 0 Å². The molecule has 1 heterocycles. The van der Waals surface area contributed by atoms with Crippen LogP contribution in [-0.2, 0) is 10.0 Å². The zero-order valence-corrected chi connectivity index (χ0v) is 12.6. The Morgan fingerprint density at radius 1 is 1.38 bits per heavy atom. The summed E-state index contributed by atoms with van der Waals surface area (Å²) < 4.78 is 53.8. The van der Waals surface area contributed by atoms with Gasteiger partial charge in [-0.05, 0) is 44.5 Å². The van der Waals surface area contributed by atoms with E-state index in [4.69, 9.17) is 5.73 Å². The summed E-state index contributed by atoms with van der Waals surface area (Å²) in [6.07, 6.45) is 1.87. The number of hydrogen-bond acceptors (Lipinski definition) is 4. The van der Waals surface area contributed by atoms with Crippen LogP contribution in [0.4, 0.5) is 14.5 Å². The van der Waals surface area contributed by atoms with E-state index in [1.807, 2.05) is 7.05 Å². The van der Waals surface area contributed by atoms with Crippen LogP contribution in [0.15, 0.2) is 17.0 Å². The van der Waals surface area contributed by atoms with Crippen molar-refractivity contribution >= 4 is 15.7 Å². The number of benzene rings is 1. The standard InChI is InChI=1S/C13H19F2N3O2S/c1-18-4-2-3-9(8-18)7-17-21(19,20)13-11(14)5-10(16)6-12(13)15/h5-6,9,17H,2-4,7-8,16H2,1H3. The molecule has 0 radical (unpaired) electrons. The van der Waals surface area contributed by atoms with Crippen LogP contribution < -0.4 is 10.5 Å². The maximum Gasteiger partial charge on any atom is 0.246 e. The summed E-state index contributed by atoms with van der Waals surface area (Å²) in [6.45, 7) is 1.90. The first-order chi connectivity index (χ1) is 9.79. The number of anilines is 1. The van der Waals surface area contributed by atoms with Crippen molar-refractivity contribution in [2.75, 3.05) is 32.4 Å². The molecule has 0 aromatic heterocycles. The molecule has 2 rings (SSSR count). The fourth-order valence-corrected chi connectivity index (χ4v) is 3.81. The quantitative estimate of drug-likeness (QED) is 0.817. The van der Waals surface area contributed by atoms with Gasteiger partial charge in [0.25, 0.3) is 0 Å². The minimum absolute atomic E-state index is 0.137. The first kappa shape index (κ1) is 16.1. The molecule has 0 saturated carbocycles. The highest BCUT2D eigenvalue weighted by Crippen LogP contribution is 2.22. The predicted molar refractivity (Wildman–Crippen MR) is 76.2 cm³/mol. The summed E-state index contributed by atoms with van der Waals surface area (Å²) in [7, 11) is -2.27. The Balaban J connectivity index is 2.12. The molecule has 1 aromatic rings. The van der Waals surface area contributed by atoms with Crippen LogP contribution in [-0.4, -0.2) is 40.0 Å². The van der Waals surface area contributed by atoms with Crippen LogP contribution in [0.5, 0.6) is 0 Å². The van der Waals surface area contributed by atoms with E-state index in [9.17, 15) is 17.2 Å². The number of nitrogens with one attached hydrogen (secondary N) is 1. The third kappa shape index (κ3) is 3.90. The molecular formula is C13H19F2N3O2S. The molecule has 1 unspecified atom stereocenters. The van der Waals surface area contributed by atoms with E-state index in [0.29, 0.717) is 0 Å². The Morgan fingerprint density at radius 2 is 2.00 bits per heavy atom. The average Bonchev–Trinajstić information content (AvgIpc) is 2.35. The highest BCUT2D eigenvalue weighted by atomic mass is 32.2. The van der Waals surface area contributed by atoms with Crippen molar-refractivity contribution in [1.29, 1.82) is 0 Å². The minimum atomic E-state index is -4.23. The van der Waals surface area contributed by atoms with Gasteiger partial charge in [0, 0.05) is 18.8 Å². The van der Waals surface area contributed by atoms with Crippen LogP contribution >= 0.6 is 0 Å². The van der Waals surface area contributed by atoms with Crippen molar-refractivity contribution in [2.24, 2.45) is 5.92 Å². The number of likely N-dealkylation sites (tertiary alicyclic amines) is 1. The average molecular weight is 319 g/mol. The summed E-state index contributed by atoms with van der Waals surface area (Å²) in [5.41, 5.74) is 5.12. The van der Waals surface area contributed by atoms with Gasteiger partial charge in [-0.25, -0.2) is 21.9 Å². The molecule has 0 amide bonds. The second-order valence-corrected chi connectivity index (χ2v) is 7.14. The number of sulfonamides is 1. The van der Waals surface area contributed by atoms with Crippen LogP contribution in [0.25, 0.3) is 0 Å². The zero-order chi connectivity index (χ0) is 15.6. The summed E-state index contributed by atoms with van der Waals surface area (Å²) in [6, 6.07) is 1.60. The maximum atomic E-state index is 13.7. The van der Waals surface area contributed by atoms with Gasteiger partial charge in [-0.1, -0.05) is 0 Å². The Kier molecular flexibility index (Phi) is 4.80. The summed E-state index contributed by atoms with van der Waals surface area (Å²) in [4.78, 5) is 1.13. The molecule has 0 bridgehead atoms. The molecule has 8 heteroatoms. The smallest absolute Gasteiger partial charge is 0.246 e. The third-order valence-electron chi connectivity index (χ3n) is 3.57. The largest absolute Gasteiger partial charge is 0.399 e. The molecular weight excluding hydrogens is 300 g/mol. The van der Waals surface area contributed by atoms with Crippen molar-refractivity contribution in [3.63, 3.8) is 0 Å². The van der Waals surface area contributed by atoms with Crippen molar-refractivity contribution in [1.82, 2.24) is 9.62 Å². The minimum Gasteiger partial charge on any atom is -0.399 e. The van der Waals surface area contributed by atoms with E-state index < -0.39 is 26.6 Å². The monoisotopic (exact) mass is 319 g/mol. The van der Waals surface area contributed by atoms with E-state index in [1.54, 1.807) is 0 Å². The maximum absolute atomic E-state index is 13.7. The van der Waals surface area contributed by atoms with Crippen LogP contribution in [0, 0.1) is 17.6 Å². The number of hydrogen-bond donors (Lipinski definition) is 2. The Morgan fingerprint density at radius 3 is 2.57 bits per heavy atom. The van der Waals surface area contributed by atoms with Gasteiger partial charge in [-0.3, -0.25) is 0 Å². The van der Waals surface area contributed by atoms with Crippen molar-refractivity contribution in [2.45, 2.75) is 17.7 Å². The van der Waals surface area contributed by atoms with Crippen LogP contribution in [0.2, 0.25) is 0 Å². The lowest BCUT2D eigenvalue weighted by atomic mass is 9.99. The van der Waals surface area contributed by atoms with Gasteiger partial charge in [0.1, 0.15) is 11.6 Å². The van der Waals surface area contributed by atoms with Gasteiger partial charge < -0.3 is 10.6 Å². The fourth-order valence-electron chi connectivity index (χ4n) is 2.58. The van der Waals surface area contributed by atoms with E-state index in [0.717, 1.165) is 38.1 Å². The third-order valence-corrected chi connectivity index (χ3v) is 5.05. The normalized spacial score (nSPS) is 20.6. The van der Waals surface area contributed by atoms with E-state index in [1.165, 1.54) is 0 Å². The number of nitrogen functional groups attached to an aromatic ring is 1. The first-order valence-electron chi connectivity index (χ1n) is 6.72. The molecule has 21 heavy (non-hydrogen) atoms. The van der Waals surface area contributed by atoms with E-state index >= 15 is 0 Å². The molecule has 0 spiro atoms. The lowest BCUT2D eigenvalue weighted by Gasteiger charge is -2.29. The van der Waals surface area contributed by atoms with Gasteiger partial charge in [0.2, 0.25) is 10.0 Å². The van der Waals surface area contributed by atoms with E-state index in [-0.39, 0.29) is 18.2 Å². The Hall–Kier alpha value is -1.25. The fraction of sp³-hybridized carbons (Fsp3) is 0.538. The molecule has 1 aliphatic heterocycles. The predicted octanol–water partition coefficient (Wildman–Crippen LogP) is 1.17. The Labute approximate surface area is 123 Å². The number of piperidine rings is 1. The molecule has 118 valence electrons. The topological polar surface area (TPSA) is 75.4 Å². The van der Waals surface area contributed by atoms with Gasteiger partial charge in [0.05, 0.1) is 0 Å². The summed E-state index contributed by atoms with van der Waals surface area (Å²) >= 11 is 0. The molecule has 1 aliphatic rings. The summed E-state index contributed by atoms with van der Waals surface area (Å²) in [5.74, 6) is -2.22. The van der Waals surface area contributed by atoms with Gasteiger partial charge in [-0.2, -0.15) is 0 Å². The number of rotatable bonds is 4. The molecule has 1 aromatic carbocycles. The first-order valence-corrected chi connectivity index (χ1v) is 8.20. The summed E-state index contributed by atoms with van der Waals surface area (Å²) in [5, 5.41) is 0. The van der Waals surface area contributed by atoms with E-state index in [2.05, 4.69) is 9.62 Å². The zero-order valence-electron chi connectivity index (χ0n) is 11.8. The van der Waals surface area contributed by atoms with Crippen LogP contribution in [0.1, 0.15) is 12.8 Å². The Bertz CT molecular complexity index is 599. The van der Waals surface area contributed by atoms with Gasteiger partial charge >= 0.3 is 0 Å². The van der Waals surface area contributed by atoms with Gasteiger partial charge in [0.15, 0.2) is 4.90 Å². The number of nitrogens with two attached hydrogens (primary N) is 1. The van der Waals surface area contributed by atoms with Gasteiger partial charge in [-0.15, -0.1) is 0 Å². The lowest BCUT2D eigenvalue weighted by Crippen LogP contribution is -2.39. The molecule has 5 nitrogen and oxygen atoms in total. The lowest BCUT2D eigenvalue weighted by molar-refractivity contribution is 0.211. The van der Waals surface area contributed by atoms with Crippen molar-refractivity contribution < 1.29 is 17.2 Å². The number of halogens is 2. The molecule has 1 atom stereocenters.